The van der Waals surface area contributed by atoms with Crippen LogP contribution in [0.1, 0.15) is 11.5 Å². The smallest absolute Gasteiger partial charge is 0.407 e. The zero-order valence-electron chi connectivity index (χ0n) is 7.35. The van der Waals surface area contributed by atoms with Crippen LogP contribution < -0.4 is 0 Å². The summed E-state index contributed by atoms with van der Waals surface area (Å²) in [5, 5.41) is 8.58. The second kappa shape index (κ2) is 3.25. The lowest BCUT2D eigenvalue weighted by Gasteiger charge is -2.37. The number of aromatic nitrogens is 1. The van der Waals surface area contributed by atoms with Gasteiger partial charge in [0.15, 0.2) is 0 Å². The molecule has 1 aromatic heterocycles. The van der Waals surface area contributed by atoms with Crippen LogP contribution in [0.5, 0.6) is 0 Å². The van der Waals surface area contributed by atoms with Gasteiger partial charge in [-0.05, 0) is 6.07 Å². The van der Waals surface area contributed by atoms with Crippen LogP contribution in [0.2, 0.25) is 0 Å². The highest BCUT2D eigenvalue weighted by atomic mass is 19.1. The van der Waals surface area contributed by atoms with Gasteiger partial charge < -0.3 is 10.0 Å². The van der Waals surface area contributed by atoms with E-state index in [9.17, 15) is 9.18 Å². The maximum absolute atomic E-state index is 13.1. The molecule has 0 bridgehead atoms. The average Bonchev–Trinajstić information content (AvgIpc) is 2.05. The molecule has 0 radical (unpaired) electrons. The molecule has 1 aromatic rings. The number of likely N-dealkylation sites (tertiary alicyclic amines) is 1. The Balaban J connectivity index is 2.07. The molecule has 74 valence electrons. The topological polar surface area (TPSA) is 53.4 Å². The highest BCUT2D eigenvalue weighted by Crippen LogP contribution is 2.27. The van der Waals surface area contributed by atoms with E-state index < -0.39 is 12.0 Å². The van der Waals surface area contributed by atoms with Crippen molar-refractivity contribution in [2.24, 2.45) is 0 Å². The molecule has 0 aliphatic carbocycles. The molecule has 2 rings (SSSR count). The van der Waals surface area contributed by atoms with Gasteiger partial charge in [-0.15, -0.1) is 0 Å². The summed E-state index contributed by atoms with van der Waals surface area (Å²) in [7, 11) is 0. The van der Waals surface area contributed by atoms with Crippen molar-refractivity contribution in [1.82, 2.24) is 9.88 Å². The van der Waals surface area contributed by atoms with Gasteiger partial charge in [-0.2, -0.15) is 4.39 Å². The Hall–Kier alpha value is -1.65. The summed E-state index contributed by atoms with van der Waals surface area (Å²) in [5.74, 6) is -0.540. The minimum Gasteiger partial charge on any atom is -0.465 e. The van der Waals surface area contributed by atoms with Gasteiger partial charge in [0, 0.05) is 30.8 Å². The molecule has 1 saturated heterocycles. The van der Waals surface area contributed by atoms with Crippen LogP contribution in [0.3, 0.4) is 0 Å². The Bertz CT molecular complexity index is 364. The molecule has 0 atom stereocenters. The third-order valence-electron chi connectivity index (χ3n) is 2.38. The van der Waals surface area contributed by atoms with Crippen molar-refractivity contribution >= 4 is 6.09 Å². The lowest BCUT2D eigenvalue weighted by atomic mass is 9.93. The highest BCUT2D eigenvalue weighted by Gasteiger charge is 2.33. The van der Waals surface area contributed by atoms with Gasteiger partial charge >= 0.3 is 6.09 Å². The Morgan fingerprint density at radius 1 is 1.64 bits per heavy atom. The van der Waals surface area contributed by atoms with Crippen molar-refractivity contribution in [3.05, 3.63) is 29.8 Å². The summed E-state index contributed by atoms with van der Waals surface area (Å²) in [4.78, 5) is 15.2. The van der Waals surface area contributed by atoms with Crippen LogP contribution >= 0.6 is 0 Å². The first kappa shape index (κ1) is 8.93. The van der Waals surface area contributed by atoms with Gasteiger partial charge in [-0.1, -0.05) is 6.07 Å². The first-order chi connectivity index (χ1) is 6.68. The van der Waals surface area contributed by atoms with E-state index in [2.05, 4.69) is 4.98 Å². The molecule has 0 spiro atoms. The number of rotatable bonds is 1. The standard InChI is InChI=1S/C9H9FN2O2/c10-8-7(2-1-3-11-8)6-4-12(5-6)9(13)14/h1-3,6H,4-5H2,(H,13,14). The Labute approximate surface area is 80.0 Å². The molecule has 1 N–H and O–H groups in total. The Morgan fingerprint density at radius 2 is 2.36 bits per heavy atom. The SMILES string of the molecule is O=C(O)N1CC(c2cccnc2F)C1. The molecule has 1 fully saturated rings. The minimum atomic E-state index is -0.953. The normalized spacial score (nSPS) is 16.5. The molecule has 1 amide bonds. The average molecular weight is 196 g/mol. The van der Waals surface area contributed by atoms with Gasteiger partial charge in [-0.3, -0.25) is 0 Å². The zero-order valence-corrected chi connectivity index (χ0v) is 7.35. The van der Waals surface area contributed by atoms with E-state index in [0.717, 1.165) is 0 Å². The fourth-order valence-electron chi connectivity index (χ4n) is 1.53. The first-order valence-corrected chi connectivity index (χ1v) is 4.27. The monoisotopic (exact) mass is 196 g/mol. The molecule has 4 nitrogen and oxygen atoms in total. The summed E-state index contributed by atoms with van der Waals surface area (Å²) in [6.07, 6.45) is 0.428. The largest absolute Gasteiger partial charge is 0.465 e. The zero-order chi connectivity index (χ0) is 10.1. The molecule has 0 unspecified atom stereocenters. The van der Waals surface area contributed by atoms with E-state index in [4.69, 9.17) is 5.11 Å². The number of carboxylic acid groups (broad SMARTS) is 1. The van der Waals surface area contributed by atoms with Crippen molar-refractivity contribution in [1.29, 1.82) is 0 Å². The Morgan fingerprint density at radius 3 is 2.93 bits per heavy atom. The third kappa shape index (κ3) is 1.41. The lowest BCUT2D eigenvalue weighted by Crippen LogP contribution is -2.48. The minimum absolute atomic E-state index is 0.0419. The third-order valence-corrected chi connectivity index (χ3v) is 2.38. The van der Waals surface area contributed by atoms with Gasteiger partial charge in [0.05, 0.1) is 0 Å². The summed E-state index contributed by atoms with van der Waals surface area (Å²) in [6, 6.07) is 3.30. The predicted molar refractivity (Wildman–Crippen MR) is 46.5 cm³/mol. The summed E-state index contributed by atoms with van der Waals surface area (Å²) < 4.78 is 13.1. The van der Waals surface area contributed by atoms with Crippen molar-refractivity contribution in [3.63, 3.8) is 0 Å². The number of amides is 1. The highest BCUT2D eigenvalue weighted by molar-refractivity contribution is 5.66. The Kier molecular flexibility index (Phi) is 2.07. The van der Waals surface area contributed by atoms with Crippen LogP contribution in [0, 0.1) is 5.95 Å². The molecule has 1 aliphatic heterocycles. The van der Waals surface area contributed by atoms with E-state index in [-0.39, 0.29) is 5.92 Å². The van der Waals surface area contributed by atoms with E-state index in [1.807, 2.05) is 0 Å². The fraction of sp³-hybridized carbons (Fsp3) is 0.333. The van der Waals surface area contributed by atoms with Gasteiger partial charge in [0.1, 0.15) is 0 Å². The molecule has 0 aromatic carbocycles. The number of nitrogens with zero attached hydrogens (tertiary/aromatic N) is 2. The number of hydrogen-bond donors (Lipinski definition) is 1. The summed E-state index contributed by atoms with van der Waals surface area (Å²) in [6.45, 7) is 0.718. The number of pyridine rings is 1. The predicted octanol–water partition coefficient (Wildman–Crippen LogP) is 1.30. The number of carbonyl (C=O) groups is 1. The maximum Gasteiger partial charge on any atom is 0.407 e. The first-order valence-electron chi connectivity index (χ1n) is 4.27. The van der Waals surface area contributed by atoms with E-state index in [1.165, 1.54) is 11.1 Å². The molecular formula is C9H9FN2O2. The quantitative estimate of drug-likeness (QED) is 0.689. The molecule has 14 heavy (non-hydrogen) atoms. The van der Waals surface area contributed by atoms with E-state index in [1.54, 1.807) is 12.1 Å². The molecule has 2 heterocycles. The van der Waals surface area contributed by atoms with Crippen LogP contribution in [-0.2, 0) is 0 Å². The van der Waals surface area contributed by atoms with Gasteiger partial charge in [0.25, 0.3) is 0 Å². The molecule has 5 heteroatoms. The lowest BCUT2D eigenvalue weighted by molar-refractivity contribution is 0.104. The van der Waals surface area contributed by atoms with Crippen LogP contribution in [0.15, 0.2) is 18.3 Å². The van der Waals surface area contributed by atoms with Crippen molar-refractivity contribution in [3.8, 4) is 0 Å². The van der Waals surface area contributed by atoms with Crippen molar-refractivity contribution in [2.45, 2.75) is 5.92 Å². The molecule has 0 saturated carbocycles. The van der Waals surface area contributed by atoms with E-state index >= 15 is 0 Å². The summed E-state index contributed by atoms with van der Waals surface area (Å²) in [5.41, 5.74) is 0.505. The van der Waals surface area contributed by atoms with Gasteiger partial charge in [0.2, 0.25) is 5.95 Å². The van der Waals surface area contributed by atoms with Crippen LogP contribution in [0.25, 0.3) is 0 Å². The second-order valence-corrected chi connectivity index (χ2v) is 3.27. The number of hydrogen-bond acceptors (Lipinski definition) is 2. The van der Waals surface area contributed by atoms with E-state index in [0.29, 0.717) is 18.7 Å². The van der Waals surface area contributed by atoms with Crippen molar-refractivity contribution in [2.75, 3.05) is 13.1 Å². The maximum atomic E-state index is 13.1. The fourth-order valence-corrected chi connectivity index (χ4v) is 1.53. The van der Waals surface area contributed by atoms with Crippen LogP contribution in [0.4, 0.5) is 9.18 Å². The van der Waals surface area contributed by atoms with Gasteiger partial charge in [-0.25, -0.2) is 9.78 Å². The molecular weight excluding hydrogens is 187 g/mol. The number of halogens is 1. The summed E-state index contributed by atoms with van der Waals surface area (Å²) >= 11 is 0. The van der Waals surface area contributed by atoms with Crippen LogP contribution in [-0.4, -0.2) is 34.2 Å². The second-order valence-electron chi connectivity index (χ2n) is 3.27. The molecule has 1 aliphatic rings. The van der Waals surface area contributed by atoms with Crippen molar-refractivity contribution < 1.29 is 14.3 Å².